The summed E-state index contributed by atoms with van der Waals surface area (Å²) in [6.07, 6.45) is 6.71. The number of hydrogen-bond acceptors (Lipinski definition) is 2. The summed E-state index contributed by atoms with van der Waals surface area (Å²) in [4.78, 5) is 2.45. The lowest BCUT2D eigenvalue weighted by molar-refractivity contribution is 0.336. The molecule has 2 nitrogen and oxygen atoms in total. The predicted octanol–water partition coefficient (Wildman–Crippen LogP) is 1.85. The highest BCUT2D eigenvalue weighted by Gasteiger charge is 2.14. The van der Waals surface area contributed by atoms with Crippen LogP contribution < -0.4 is 5.73 Å². The number of nitrogens with zero attached hydrogens (tertiary/aromatic N) is 1. The summed E-state index contributed by atoms with van der Waals surface area (Å²) in [6, 6.07) is 0.390. The highest BCUT2D eigenvalue weighted by molar-refractivity contribution is 4.69. The van der Waals surface area contributed by atoms with Crippen LogP contribution in [0.25, 0.3) is 0 Å². The summed E-state index contributed by atoms with van der Waals surface area (Å²) in [6.45, 7) is 4.68. The van der Waals surface area contributed by atoms with Gasteiger partial charge < -0.3 is 10.6 Å². The summed E-state index contributed by atoms with van der Waals surface area (Å²) < 4.78 is 0. The monoisotopic (exact) mass is 184 g/mol. The Morgan fingerprint density at radius 2 is 2.15 bits per heavy atom. The molecule has 0 aliphatic carbocycles. The lowest BCUT2D eigenvalue weighted by atomic mass is 9.94. The minimum Gasteiger partial charge on any atom is -0.328 e. The number of likely N-dealkylation sites (tertiary alicyclic amines) is 1. The normalized spacial score (nSPS) is 28.4. The predicted molar refractivity (Wildman–Crippen MR) is 57.7 cm³/mol. The van der Waals surface area contributed by atoms with Gasteiger partial charge in [-0.2, -0.15) is 0 Å². The Labute approximate surface area is 82.5 Å². The third-order valence-corrected chi connectivity index (χ3v) is 3.10. The smallest absolute Gasteiger partial charge is 0.00105 e. The van der Waals surface area contributed by atoms with E-state index in [1.54, 1.807) is 0 Å². The van der Waals surface area contributed by atoms with Gasteiger partial charge in [-0.1, -0.05) is 0 Å². The Morgan fingerprint density at radius 1 is 1.38 bits per heavy atom. The highest BCUT2D eigenvalue weighted by Crippen LogP contribution is 2.21. The van der Waals surface area contributed by atoms with E-state index in [-0.39, 0.29) is 0 Å². The molecular weight excluding hydrogens is 160 g/mol. The molecule has 0 aromatic carbocycles. The largest absolute Gasteiger partial charge is 0.328 e. The maximum absolute atomic E-state index is 5.77. The zero-order valence-corrected chi connectivity index (χ0v) is 9.13. The quantitative estimate of drug-likeness (QED) is 0.725. The van der Waals surface area contributed by atoms with Crippen molar-refractivity contribution >= 4 is 0 Å². The Morgan fingerprint density at radius 3 is 2.85 bits per heavy atom. The van der Waals surface area contributed by atoms with E-state index in [2.05, 4.69) is 18.9 Å². The van der Waals surface area contributed by atoms with Crippen LogP contribution in [-0.4, -0.2) is 31.1 Å². The van der Waals surface area contributed by atoms with E-state index in [1.165, 1.54) is 45.2 Å². The average Bonchev–Trinajstić information content (AvgIpc) is 2.27. The van der Waals surface area contributed by atoms with Gasteiger partial charge in [0.05, 0.1) is 0 Å². The second kappa shape index (κ2) is 5.61. The van der Waals surface area contributed by atoms with Crippen LogP contribution in [0.2, 0.25) is 0 Å². The lowest BCUT2D eigenvalue weighted by Crippen LogP contribution is -2.19. The van der Waals surface area contributed by atoms with Crippen molar-refractivity contribution in [2.75, 3.05) is 20.1 Å². The van der Waals surface area contributed by atoms with Crippen molar-refractivity contribution in [3.05, 3.63) is 0 Å². The van der Waals surface area contributed by atoms with E-state index < -0.39 is 0 Å². The number of rotatable bonds is 3. The summed E-state index contributed by atoms with van der Waals surface area (Å²) in [5.41, 5.74) is 5.77. The fourth-order valence-corrected chi connectivity index (χ4v) is 2.10. The fourth-order valence-electron chi connectivity index (χ4n) is 2.10. The molecule has 1 aliphatic rings. The van der Waals surface area contributed by atoms with Crippen molar-refractivity contribution in [3.8, 4) is 0 Å². The minimum atomic E-state index is 0.390. The van der Waals surface area contributed by atoms with E-state index in [1.807, 2.05) is 0 Å². The number of nitrogens with two attached hydrogens (primary N) is 1. The summed E-state index contributed by atoms with van der Waals surface area (Å²) >= 11 is 0. The molecule has 0 aromatic rings. The molecule has 13 heavy (non-hydrogen) atoms. The molecule has 1 fully saturated rings. The van der Waals surface area contributed by atoms with E-state index in [9.17, 15) is 0 Å². The van der Waals surface area contributed by atoms with Crippen LogP contribution in [0.15, 0.2) is 0 Å². The molecule has 0 saturated carbocycles. The Hall–Kier alpha value is -0.0800. The molecule has 0 spiro atoms. The van der Waals surface area contributed by atoms with Gasteiger partial charge in [0.15, 0.2) is 0 Å². The molecule has 1 saturated heterocycles. The van der Waals surface area contributed by atoms with Crippen LogP contribution in [0.3, 0.4) is 0 Å². The third kappa shape index (κ3) is 4.63. The molecule has 1 aliphatic heterocycles. The molecule has 2 heteroatoms. The Kier molecular flexibility index (Phi) is 4.74. The molecule has 0 radical (unpaired) electrons. The molecular formula is C11H24N2. The SMILES string of the molecule is CC(N)CCC1CCCN(C)CC1. The number of hydrogen-bond donors (Lipinski definition) is 1. The second-order valence-corrected chi connectivity index (χ2v) is 4.65. The van der Waals surface area contributed by atoms with E-state index >= 15 is 0 Å². The van der Waals surface area contributed by atoms with E-state index in [0.717, 1.165) is 5.92 Å². The van der Waals surface area contributed by atoms with Crippen molar-refractivity contribution in [1.82, 2.24) is 4.90 Å². The first-order chi connectivity index (χ1) is 6.18. The summed E-state index contributed by atoms with van der Waals surface area (Å²) in [7, 11) is 2.23. The maximum Gasteiger partial charge on any atom is 0.00105 e. The molecule has 2 N–H and O–H groups in total. The van der Waals surface area contributed by atoms with Crippen molar-refractivity contribution < 1.29 is 0 Å². The molecule has 2 atom stereocenters. The van der Waals surface area contributed by atoms with Crippen LogP contribution in [0.4, 0.5) is 0 Å². The molecule has 0 aromatic heterocycles. The zero-order valence-electron chi connectivity index (χ0n) is 9.13. The second-order valence-electron chi connectivity index (χ2n) is 4.65. The average molecular weight is 184 g/mol. The molecule has 1 rings (SSSR count). The third-order valence-electron chi connectivity index (χ3n) is 3.10. The lowest BCUT2D eigenvalue weighted by Gasteiger charge is -2.15. The summed E-state index contributed by atoms with van der Waals surface area (Å²) in [5, 5.41) is 0. The van der Waals surface area contributed by atoms with Gasteiger partial charge in [0, 0.05) is 6.04 Å². The van der Waals surface area contributed by atoms with Gasteiger partial charge in [-0.05, 0) is 65.1 Å². The van der Waals surface area contributed by atoms with Crippen molar-refractivity contribution in [1.29, 1.82) is 0 Å². The molecule has 0 bridgehead atoms. The van der Waals surface area contributed by atoms with Crippen LogP contribution in [0.1, 0.15) is 39.0 Å². The van der Waals surface area contributed by atoms with Crippen molar-refractivity contribution in [2.45, 2.75) is 45.1 Å². The Balaban J connectivity index is 2.18. The van der Waals surface area contributed by atoms with Crippen LogP contribution in [0, 0.1) is 5.92 Å². The first-order valence-corrected chi connectivity index (χ1v) is 5.62. The minimum absolute atomic E-state index is 0.390. The van der Waals surface area contributed by atoms with Crippen LogP contribution >= 0.6 is 0 Å². The van der Waals surface area contributed by atoms with Crippen LogP contribution in [0.5, 0.6) is 0 Å². The van der Waals surface area contributed by atoms with Gasteiger partial charge in [0.25, 0.3) is 0 Å². The molecule has 1 heterocycles. The standard InChI is InChI=1S/C11H24N2/c1-10(12)5-6-11-4-3-8-13(2)9-7-11/h10-11H,3-9,12H2,1-2H3. The van der Waals surface area contributed by atoms with Gasteiger partial charge >= 0.3 is 0 Å². The first kappa shape index (κ1) is 11.0. The zero-order chi connectivity index (χ0) is 9.68. The Bertz CT molecular complexity index is 134. The van der Waals surface area contributed by atoms with E-state index in [0.29, 0.717) is 6.04 Å². The van der Waals surface area contributed by atoms with Crippen molar-refractivity contribution in [2.24, 2.45) is 11.7 Å². The van der Waals surface area contributed by atoms with E-state index in [4.69, 9.17) is 5.73 Å². The van der Waals surface area contributed by atoms with Gasteiger partial charge in [-0.15, -0.1) is 0 Å². The van der Waals surface area contributed by atoms with Crippen molar-refractivity contribution in [3.63, 3.8) is 0 Å². The van der Waals surface area contributed by atoms with Gasteiger partial charge in [0.2, 0.25) is 0 Å². The van der Waals surface area contributed by atoms with Gasteiger partial charge in [-0.3, -0.25) is 0 Å². The van der Waals surface area contributed by atoms with Gasteiger partial charge in [0.1, 0.15) is 0 Å². The van der Waals surface area contributed by atoms with Crippen LogP contribution in [-0.2, 0) is 0 Å². The molecule has 78 valence electrons. The topological polar surface area (TPSA) is 29.3 Å². The fraction of sp³-hybridized carbons (Fsp3) is 1.00. The van der Waals surface area contributed by atoms with Gasteiger partial charge in [-0.25, -0.2) is 0 Å². The maximum atomic E-state index is 5.77. The highest BCUT2D eigenvalue weighted by atomic mass is 15.1. The molecule has 0 amide bonds. The molecule has 2 unspecified atom stereocenters. The summed E-state index contributed by atoms with van der Waals surface area (Å²) in [5.74, 6) is 0.941. The first-order valence-electron chi connectivity index (χ1n) is 5.62.